The summed E-state index contributed by atoms with van der Waals surface area (Å²) in [4.78, 5) is 14.4. The maximum Gasteiger partial charge on any atom is 0.233 e. The van der Waals surface area contributed by atoms with Crippen molar-refractivity contribution >= 4 is 17.7 Å². The number of nitrogens with zero attached hydrogens (tertiary/aromatic N) is 1. The Morgan fingerprint density at radius 1 is 1.38 bits per heavy atom. The number of carbonyl (C=O) groups excluding carboxylic acids is 1. The van der Waals surface area contributed by atoms with Crippen LogP contribution in [0.2, 0.25) is 0 Å². The Morgan fingerprint density at radius 2 is 2.00 bits per heavy atom. The van der Waals surface area contributed by atoms with E-state index in [1.807, 2.05) is 11.9 Å². The fourth-order valence-electron chi connectivity index (χ4n) is 1.42. The highest BCUT2D eigenvalue weighted by Gasteiger charge is 2.04. The Labute approximate surface area is 101 Å². The summed E-state index contributed by atoms with van der Waals surface area (Å²) in [5, 5.41) is 2.62. The molecule has 16 heavy (non-hydrogen) atoms. The lowest BCUT2D eigenvalue weighted by Crippen LogP contribution is -2.32. The molecule has 1 N–H and O–H groups in total. The average Bonchev–Trinajstić information content (AvgIpc) is 2.29. The van der Waals surface area contributed by atoms with Gasteiger partial charge in [-0.1, -0.05) is 12.1 Å². The summed E-state index contributed by atoms with van der Waals surface area (Å²) in [7, 11) is 3.60. The van der Waals surface area contributed by atoms with Crippen molar-refractivity contribution in [3.8, 4) is 0 Å². The average molecular weight is 238 g/mol. The van der Waals surface area contributed by atoms with Gasteiger partial charge in [-0.25, -0.2) is 0 Å². The van der Waals surface area contributed by atoms with E-state index in [2.05, 4.69) is 35.8 Å². The van der Waals surface area contributed by atoms with E-state index in [1.165, 1.54) is 10.5 Å². The third kappa shape index (κ3) is 4.24. The molecule has 88 valence electrons. The molecule has 0 radical (unpaired) electrons. The molecule has 4 heteroatoms. The van der Waals surface area contributed by atoms with Gasteiger partial charge in [0.1, 0.15) is 0 Å². The molecule has 0 spiro atoms. The smallest absolute Gasteiger partial charge is 0.233 e. The summed E-state index contributed by atoms with van der Waals surface area (Å²) < 4.78 is 0. The molecule has 3 nitrogen and oxygen atoms in total. The molecule has 0 aliphatic heterocycles. The van der Waals surface area contributed by atoms with Crippen LogP contribution in [0.1, 0.15) is 5.56 Å². The topological polar surface area (TPSA) is 32.3 Å². The number of hydrogen-bond acceptors (Lipinski definition) is 3. The van der Waals surface area contributed by atoms with E-state index in [0.29, 0.717) is 6.54 Å². The van der Waals surface area contributed by atoms with Crippen molar-refractivity contribution in [1.82, 2.24) is 10.2 Å². The van der Waals surface area contributed by atoms with Crippen LogP contribution in [0.15, 0.2) is 29.2 Å². The maximum absolute atomic E-state index is 11.2. The summed E-state index contributed by atoms with van der Waals surface area (Å²) in [6.45, 7) is 1.23. The third-order valence-corrected chi connectivity index (χ3v) is 3.05. The van der Waals surface area contributed by atoms with E-state index >= 15 is 0 Å². The van der Waals surface area contributed by atoms with Crippen molar-refractivity contribution in [2.24, 2.45) is 0 Å². The molecular formula is C12H18N2OS. The first-order valence-electron chi connectivity index (χ1n) is 5.17. The number of hydrogen-bond donors (Lipinski definition) is 1. The summed E-state index contributed by atoms with van der Waals surface area (Å²) >= 11 is 1.73. The molecule has 0 aromatic heterocycles. The zero-order valence-electron chi connectivity index (χ0n) is 9.99. The number of nitrogens with one attached hydrogen (secondary N) is 1. The van der Waals surface area contributed by atoms with Gasteiger partial charge in [0.2, 0.25) is 5.91 Å². The fraction of sp³-hybridized carbons (Fsp3) is 0.417. The number of likely N-dealkylation sites (N-methyl/N-ethyl adjacent to an activating group) is 2. The molecule has 0 saturated carbocycles. The molecule has 1 aromatic rings. The Balaban J connectivity index is 2.49. The highest BCUT2D eigenvalue weighted by molar-refractivity contribution is 7.98. The predicted octanol–water partition coefficient (Wildman–Crippen LogP) is 1.59. The molecule has 0 unspecified atom stereocenters. The first kappa shape index (κ1) is 13.1. The van der Waals surface area contributed by atoms with E-state index < -0.39 is 0 Å². The molecular weight excluding hydrogens is 220 g/mol. The zero-order chi connectivity index (χ0) is 12.0. The Kier molecular flexibility index (Phi) is 5.35. The van der Waals surface area contributed by atoms with Gasteiger partial charge in [0.05, 0.1) is 6.54 Å². The first-order chi connectivity index (χ1) is 7.65. The molecule has 0 fully saturated rings. The molecule has 1 amide bonds. The lowest BCUT2D eigenvalue weighted by Gasteiger charge is -2.15. The van der Waals surface area contributed by atoms with Crippen LogP contribution in [0, 0.1) is 0 Å². The molecule has 0 aliphatic rings. The van der Waals surface area contributed by atoms with E-state index in [1.54, 1.807) is 18.8 Å². The second-order valence-electron chi connectivity index (χ2n) is 3.69. The summed E-state index contributed by atoms with van der Waals surface area (Å²) in [6.07, 6.45) is 2.06. The van der Waals surface area contributed by atoms with Crippen LogP contribution < -0.4 is 5.32 Å². The molecule has 0 bridgehead atoms. The van der Waals surface area contributed by atoms with Gasteiger partial charge in [-0.2, -0.15) is 0 Å². The van der Waals surface area contributed by atoms with Crippen LogP contribution in [0.4, 0.5) is 0 Å². The van der Waals surface area contributed by atoms with E-state index in [4.69, 9.17) is 0 Å². The molecule has 1 rings (SSSR count). The van der Waals surface area contributed by atoms with Crippen LogP contribution in [-0.4, -0.2) is 37.7 Å². The van der Waals surface area contributed by atoms with Gasteiger partial charge in [-0.15, -0.1) is 11.8 Å². The first-order valence-corrected chi connectivity index (χ1v) is 6.40. The quantitative estimate of drug-likeness (QED) is 0.791. The summed E-state index contributed by atoms with van der Waals surface area (Å²) in [5.74, 6) is 0.0447. The van der Waals surface area contributed by atoms with E-state index in [9.17, 15) is 4.79 Å². The van der Waals surface area contributed by atoms with Crippen LogP contribution >= 0.6 is 11.8 Å². The van der Waals surface area contributed by atoms with Crippen LogP contribution in [0.25, 0.3) is 0 Å². The minimum Gasteiger partial charge on any atom is -0.358 e. The molecule has 1 aromatic carbocycles. The van der Waals surface area contributed by atoms with Crippen molar-refractivity contribution in [3.05, 3.63) is 29.8 Å². The Morgan fingerprint density at radius 3 is 2.50 bits per heavy atom. The fourth-order valence-corrected chi connectivity index (χ4v) is 1.83. The van der Waals surface area contributed by atoms with Gasteiger partial charge in [0.15, 0.2) is 0 Å². The highest BCUT2D eigenvalue weighted by Crippen LogP contribution is 2.15. The van der Waals surface area contributed by atoms with E-state index in [-0.39, 0.29) is 5.91 Å². The molecule has 0 heterocycles. The second-order valence-corrected chi connectivity index (χ2v) is 4.57. The van der Waals surface area contributed by atoms with Crippen molar-refractivity contribution in [1.29, 1.82) is 0 Å². The number of amides is 1. The summed E-state index contributed by atoms with van der Waals surface area (Å²) in [6, 6.07) is 8.42. The SMILES string of the molecule is CNC(=O)CN(C)Cc1ccc(SC)cc1. The van der Waals surface area contributed by atoms with Gasteiger partial charge in [0, 0.05) is 18.5 Å². The number of carbonyl (C=O) groups is 1. The minimum absolute atomic E-state index is 0.0447. The van der Waals surface area contributed by atoms with Crippen molar-refractivity contribution in [3.63, 3.8) is 0 Å². The summed E-state index contributed by atoms with van der Waals surface area (Å²) in [5.41, 5.74) is 1.23. The Hall–Kier alpha value is -1.00. The van der Waals surface area contributed by atoms with Gasteiger partial charge >= 0.3 is 0 Å². The van der Waals surface area contributed by atoms with Gasteiger partial charge in [-0.3, -0.25) is 9.69 Å². The number of rotatable bonds is 5. The molecule has 0 aliphatic carbocycles. The van der Waals surface area contributed by atoms with Crippen LogP contribution in [-0.2, 0) is 11.3 Å². The number of thioether (sulfide) groups is 1. The lowest BCUT2D eigenvalue weighted by molar-refractivity contribution is -0.121. The van der Waals surface area contributed by atoms with E-state index in [0.717, 1.165) is 6.54 Å². The second kappa shape index (κ2) is 6.55. The normalized spacial score (nSPS) is 10.5. The maximum atomic E-state index is 11.2. The predicted molar refractivity (Wildman–Crippen MR) is 68.6 cm³/mol. The minimum atomic E-state index is 0.0447. The van der Waals surface area contributed by atoms with Crippen molar-refractivity contribution in [2.75, 3.05) is 26.9 Å². The zero-order valence-corrected chi connectivity index (χ0v) is 10.8. The van der Waals surface area contributed by atoms with Gasteiger partial charge in [0.25, 0.3) is 0 Å². The monoisotopic (exact) mass is 238 g/mol. The number of benzene rings is 1. The van der Waals surface area contributed by atoms with Gasteiger partial charge < -0.3 is 5.32 Å². The Bertz CT molecular complexity index is 337. The van der Waals surface area contributed by atoms with Crippen LogP contribution in [0.5, 0.6) is 0 Å². The lowest BCUT2D eigenvalue weighted by atomic mass is 10.2. The van der Waals surface area contributed by atoms with Crippen LogP contribution in [0.3, 0.4) is 0 Å². The molecule has 0 saturated heterocycles. The third-order valence-electron chi connectivity index (χ3n) is 2.30. The van der Waals surface area contributed by atoms with Crippen molar-refractivity contribution < 1.29 is 4.79 Å². The highest BCUT2D eigenvalue weighted by atomic mass is 32.2. The molecule has 0 atom stereocenters. The van der Waals surface area contributed by atoms with Crippen molar-refractivity contribution in [2.45, 2.75) is 11.4 Å². The standard InChI is InChI=1S/C12H18N2OS/c1-13-12(15)9-14(2)8-10-4-6-11(16-3)7-5-10/h4-7H,8-9H2,1-3H3,(H,13,15). The van der Waals surface area contributed by atoms with Gasteiger partial charge in [-0.05, 0) is 31.0 Å². The largest absolute Gasteiger partial charge is 0.358 e.